The third kappa shape index (κ3) is 17.7. The van der Waals surface area contributed by atoms with Crippen LogP contribution in [0.25, 0.3) is 22.2 Å². The Labute approximate surface area is 477 Å². The molecule has 0 fully saturated rings. The first-order chi connectivity index (χ1) is 35.7. The van der Waals surface area contributed by atoms with Gasteiger partial charge in [-0.2, -0.15) is 20.7 Å². The number of nitriles is 2. The summed E-state index contributed by atoms with van der Waals surface area (Å²) >= 11 is 3.41. The van der Waals surface area contributed by atoms with Crippen molar-refractivity contribution in [2.24, 2.45) is 0 Å². The van der Waals surface area contributed by atoms with Gasteiger partial charge in [0.1, 0.15) is 23.8 Å². The number of nitrogens with zero attached hydrogens (tertiary/aromatic N) is 10. The average molecular weight is 1120 g/mol. The zero-order valence-corrected chi connectivity index (χ0v) is 45.5. The Morgan fingerprint density at radius 2 is 1.10 bits per heavy atom. The van der Waals surface area contributed by atoms with Crippen LogP contribution >= 0.6 is 15.9 Å². The Hall–Kier alpha value is -8.13. The van der Waals surface area contributed by atoms with Crippen molar-refractivity contribution in [3.8, 4) is 23.3 Å². The van der Waals surface area contributed by atoms with Crippen LogP contribution in [-0.2, 0) is 9.68 Å². The molecule has 0 saturated carbocycles. The van der Waals surface area contributed by atoms with E-state index in [9.17, 15) is 19.2 Å². The van der Waals surface area contributed by atoms with Gasteiger partial charge >= 0.3 is 36.7 Å². The van der Waals surface area contributed by atoms with Crippen molar-refractivity contribution < 1.29 is 73.7 Å². The van der Waals surface area contributed by atoms with E-state index in [0.717, 1.165) is 26.6 Å². The van der Waals surface area contributed by atoms with Crippen LogP contribution in [0.2, 0.25) is 0 Å². The summed E-state index contributed by atoms with van der Waals surface area (Å²) in [4.78, 5) is 71.7. The zero-order chi connectivity index (χ0) is 54.3. The van der Waals surface area contributed by atoms with Crippen LogP contribution in [-0.4, -0.2) is 104 Å². The fourth-order valence-corrected chi connectivity index (χ4v) is 7.06. The first kappa shape index (κ1) is 66.9. The minimum Gasteiger partial charge on any atom is -0.662 e. The van der Waals surface area contributed by atoms with E-state index >= 15 is 0 Å². The molecule has 0 aliphatic rings. The number of halogens is 1. The van der Waals surface area contributed by atoms with Gasteiger partial charge in [0, 0.05) is 79.8 Å². The molecule has 0 saturated heterocycles. The van der Waals surface area contributed by atoms with Crippen LogP contribution in [0.3, 0.4) is 0 Å². The van der Waals surface area contributed by atoms with Gasteiger partial charge in [-0.3, -0.25) is 33.8 Å². The molecule has 6 aromatic heterocycles. The second-order valence-corrected chi connectivity index (χ2v) is 15.5. The van der Waals surface area contributed by atoms with Crippen molar-refractivity contribution in [1.29, 1.82) is 10.5 Å². The number of anilines is 2. The van der Waals surface area contributed by atoms with Gasteiger partial charge in [0.15, 0.2) is 0 Å². The molecule has 77 heavy (non-hydrogen) atoms. The number of hydrogen-bond donors (Lipinski definition) is 4. The molecule has 24 heteroatoms. The van der Waals surface area contributed by atoms with E-state index in [1.165, 1.54) is 43.7 Å². The second-order valence-electron chi connectivity index (χ2n) is 14.6. The van der Waals surface area contributed by atoms with E-state index in [-0.39, 0.29) is 74.5 Å². The Bertz CT molecular complexity index is 3260. The number of amides is 4. The van der Waals surface area contributed by atoms with Gasteiger partial charge in [0.2, 0.25) is 0 Å². The summed E-state index contributed by atoms with van der Waals surface area (Å²) in [6.45, 7) is 8.47. The van der Waals surface area contributed by atoms with Crippen LogP contribution in [0.4, 0.5) is 11.6 Å². The fraction of sp³-hybridized carbons (Fsp3) is 0.189. The molecule has 8 aromatic rings. The maximum atomic E-state index is 13.2. The van der Waals surface area contributed by atoms with E-state index in [1.54, 1.807) is 111 Å². The van der Waals surface area contributed by atoms with E-state index in [4.69, 9.17) is 30.6 Å². The topological polar surface area (TPSA) is 297 Å². The van der Waals surface area contributed by atoms with Crippen LogP contribution in [0, 0.1) is 22.7 Å². The molecule has 21 nitrogen and oxygen atoms in total. The number of carbonyl (C=O) groups excluding carboxylic acids is 5. The van der Waals surface area contributed by atoms with Crippen molar-refractivity contribution in [2.75, 3.05) is 37.0 Å². The summed E-state index contributed by atoms with van der Waals surface area (Å²) in [5, 5.41) is 57.4. The smallest absolute Gasteiger partial charge is 0.662 e. The number of benzene rings is 2. The summed E-state index contributed by atoms with van der Waals surface area (Å²) < 4.78 is 4.22. The van der Waals surface area contributed by atoms with Gasteiger partial charge < -0.3 is 30.8 Å². The number of rotatable bonds is 11. The largest absolute Gasteiger partial charge is 1.00 e. The van der Waals surface area contributed by atoms with Crippen molar-refractivity contribution >= 4 is 81.3 Å². The zero-order valence-electron chi connectivity index (χ0n) is 41.9. The Balaban J connectivity index is 0.000000577. The van der Waals surface area contributed by atoms with Gasteiger partial charge in [-0.1, -0.05) is 53.0 Å². The molecule has 0 bridgehead atoms. The van der Waals surface area contributed by atoms with Crippen molar-refractivity contribution in [1.82, 2.24) is 39.8 Å². The molecule has 394 valence electrons. The number of fused-ring (bicyclic) bond motifs is 2. The molecule has 4 N–H and O–H groups in total. The first-order valence-corrected chi connectivity index (χ1v) is 23.2. The van der Waals surface area contributed by atoms with E-state index < -0.39 is 7.12 Å². The summed E-state index contributed by atoms with van der Waals surface area (Å²) in [5.41, 5.74) is 6.69. The molecule has 6 heterocycles. The molecule has 0 spiro atoms. The van der Waals surface area contributed by atoms with Crippen LogP contribution in [0.1, 0.15) is 95.1 Å². The molecule has 0 aliphatic carbocycles. The van der Waals surface area contributed by atoms with Gasteiger partial charge in [0.25, 0.3) is 30.1 Å². The third-order valence-corrected chi connectivity index (χ3v) is 11.0. The molecule has 0 unspecified atom stereocenters. The van der Waals surface area contributed by atoms with Gasteiger partial charge in [-0.25, -0.2) is 19.0 Å². The number of pyridine rings is 4. The SMILES string of the molecule is C.C.CC.CCN(C(=O)c1ccn2ncc(-c3ccc(C(=O)NC)cc3)c2c1)c1ccc(C#N)cn1.CCN(C(=O)c1ccn2ncc(Br)c2c1)c1ccc(C#N)cn1.CNC(=O)c1ccc(B(O)O)cc1.O=CO[O-].[Na+]. The maximum Gasteiger partial charge on any atom is 1.00 e. The number of nitrogens with one attached hydrogen (secondary N) is 2. The molecule has 8 rings (SSSR count). The molecule has 2 aromatic carbocycles. The van der Waals surface area contributed by atoms with Crippen LogP contribution < -0.4 is 60.7 Å². The second kappa shape index (κ2) is 33.7. The van der Waals surface area contributed by atoms with Crippen molar-refractivity contribution in [3.05, 3.63) is 172 Å². The summed E-state index contributed by atoms with van der Waals surface area (Å²) in [7, 11) is 1.64. The minimum atomic E-state index is -1.49. The van der Waals surface area contributed by atoms with Crippen molar-refractivity contribution in [2.45, 2.75) is 42.5 Å². The van der Waals surface area contributed by atoms with Gasteiger partial charge in [0.05, 0.1) is 39.0 Å². The monoisotopic (exact) mass is 1120 g/mol. The number of hydrogen-bond acceptors (Lipinski definition) is 15. The van der Waals surface area contributed by atoms with Gasteiger partial charge in [-0.05, 0) is 114 Å². The van der Waals surface area contributed by atoms with Crippen LogP contribution in [0.15, 0.2) is 139 Å². The molecule has 4 amide bonds. The number of carbonyl (C=O) groups is 5. The van der Waals surface area contributed by atoms with E-state index in [2.05, 4.69) is 51.6 Å². The van der Waals surface area contributed by atoms with Crippen molar-refractivity contribution in [3.63, 3.8) is 0 Å². The predicted octanol–water partition coefficient (Wildman–Crippen LogP) is 2.79. The average Bonchev–Trinajstić information content (AvgIpc) is 4.06. The minimum absolute atomic E-state index is 0. The maximum absolute atomic E-state index is 13.2. The third-order valence-electron chi connectivity index (χ3n) is 10.3. The molecule has 0 atom stereocenters. The summed E-state index contributed by atoms with van der Waals surface area (Å²) in [5.74, 6) is 0.299. The van der Waals surface area contributed by atoms with E-state index in [1.807, 2.05) is 52.0 Å². The fourth-order valence-electron chi connectivity index (χ4n) is 6.67. The molecular formula is C53H57BBrN12NaO9. The standard InChI is InChI=1S/C24H20N6O2.C16H12BrN5O.C8H10BNO3.C2H6.CH2O3.2CH4.Na/c1-3-29(22-9-4-16(13-25)14-27-22)24(32)19-10-11-30-21(12-19)20(15-28-30)17-5-7-18(8-6-17)23(31)26-2;1-2-21(15-4-3-11(8-18)9-19-15)16(23)12-5-6-22-14(7-12)13(17)10-20-22;1-10-8(11)6-2-4-7(5-3-6)9(12)13;1-2;2-1-4-3;;;/h4-12,14-15H,3H2,1-2H3,(H,26,31);3-7,9-10H,2H2,1H3;2-5,12-13H,1H3,(H,10,11);1-2H3;1,3H;2*1H4;/q;;;;;;;+1/p-1. The summed E-state index contributed by atoms with van der Waals surface area (Å²) in [6, 6.07) is 31.0. The van der Waals surface area contributed by atoms with Gasteiger partial charge in [-0.15, -0.1) is 0 Å². The Morgan fingerprint density at radius 1 is 0.688 bits per heavy atom. The predicted molar refractivity (Wildman–Crippen MR) is 291 cm³/mol. The molecule has 0 aliphatic heterocycles. The quantitative estimate of drug-likeness (QED) is 0.0627. The normalized spacial score (nSPS) is 9.45. The van der Waals surface area contributed by atoms with E-state index in [0.29, 0.717) is 63.6 Å². The number of aromatic nitrogens is 6. The molecule has 0 radical (unpaired) electrons. The first-order valence-electron chi connectivity index (χ1n) is 22.4. The van der Waals surface area contributed by atoms with Crippen LogP contribution in [0.5, 0.6) is 0 Å². The summed E-state index contributed by atoms with van der Waals surface area (Å²) in [6.07, 6.45) is 9.81. The Kier molecular flexibility index (Phi) is 29.3. The Morgan fingerprint density at radius 3 is 1.48 bits per heavy atom. The molecular weight excluding hydrogens is 1060 g/mol.